The summed E-state index contributed by atoms with van der Waals surface area (Å²) < 4.78 is 7.31. The number of carboxylic acid groups (broad SMARTS) is 1. The van der Waals surface area contributed by atoms with E-state index in [1.165, 1.54) is 5.69 Å². The first-order chi connectivity index (χ1) is 21.1. The number of allylic oxidation sites excluding steroid dienone is 2. The van der Waals surface area contributed by atoms with Crippen LogP contribution in [0, 0.1) is 18.3 Å². The summed E-state index contributed by atoms with van der Waals surface area (Å²) in [5.74, 6) is 1.72. The summed E-state index contributed by atoms with van der Waals surface area (Å²) in [7, 11) is 3.38. The van der Waals surface area contributed by atoms with Crippen LogP contribution in [0.25, 0.3) is 16.9 Å². The van der Waals surface area contributed by atoms with Crippen molar-refractivity contribution in [3.8, 4) is 11.9 Å². The van der Waals surface area contributed by atoms with Crippen LogP contribution in [0.15, 0.2) is 65.4 Å². The largest absolute Gasteiger partial charge is 0.483 e. The van der Waals surface area contributed by atoms with Gasteiger partial charge in [0.2, 0.25) is 0 Å². The van der Waals surface area contributed by atoms with Crippen LogP contribution in [-0.2, 0) is 16.1 Å². The van der Waals surface area contributed by atoms with Crippen molar-refractivity contribution >= 4 is 34.7 Å². The Morgan fingerprint density at radius 3 is 2.57 bits per heavy atom. The van der Waals surface area contributed by atoms with E-state index in [4.69, 9.17) is 19.9 Å². The molecule has 1 aliphatic heterocycles. The number of imidazole rings is 1. The molecule has 12 nitrogen and oxygen atoms in total. The highest BCUT2D eigenvalue weighted by molar-refractivity contribution is 6.07. The fraction of sp³-hybridized carbons (Fsp3) is 0.344. The van der Waals surface area contributed by atoms with Crippen molar-refractivity contribution in [2.24, 2.45) is 4.99 Å². The summed E-state index contributed by atoms with van der Waals surface area (Å²) in [5, 5.41) is 28.6. The Morgan fingerprint density at radius 1 is 1.27 bits per heavy atom. The van der Waals surface area contributed by atoms with Gasteiger partial charge in [-0.1, -0.05) is 11.6 Å². The van der Waals surface area contributed by atoms with E-state index in [1.807, 2.05) is 55.7 Å². The molecule has 0 amide bonds. The van der Waals surface area contributed by atoms with Gasteiger partial charge in [0.15, 0.2) is 0 Å². The molecule has 1 aromatic carbocycles. The number of aliphatic imine (C=N–C) groups is 1. The molecule has 1 aliphatic rings. The number of fused-ring (bicyclic) bond motifs is 1. The first-order valence-electron chi connectivity index (χ1n) is 14.0. The quantitative estimate of drug-likeness (QED) is 0.162. The lowest BCUT2D eigenvalue weighted by Crippen LogP contribution is -2.50. The molecule has 5 rings (SSSR count). The van der Waals surface area contributed by atoms with Crippen LogP contribution in [0.4, 0.5) is 11.5 Å². The van der Waals surface area contributed by atoms with Gasteiger partial charge in [-0.2, -0.15) is 5.26 Å². The van der Waals surface area contributed by atoms with E-state index in [0.717, 1.165) is 64.8 Å². The number of ether oxygens (including phenoxy) is 1. The van der Waals surface area contributed by atoms with E-state index in [0.29, 0.717) is 11.8 Å². The zero-order chi connectivity index (χ0) is 32.2. The van der Waals surface area contributed by atoms with Gasteiger partial charge in [0, 0.05) is 56.4 Å². The Hall–Kier alpha value is -4.83. The highest BCUT2D eigenvalue weighted by Gasteiger charge is 2.26. The lowest BCUT2D eigenvalue weighted by molar-refractivity contribution is -0.122. The Kier molecular flexibility index (Phi) is 12.3. The number of anilines is 2. The number of likely N-dealkylation sites (tertiary alicyclic amines) is 1. The number of nitrogens with zero attached hydrogens (tertiary/aromatic N) is 6. The molecule has 232 valence electrons. The molecule has 0 aliphatic carbocycles. The van der Waals surface area contributed by atoms with Crippen LogP contribution in [0.5, 0.6) is 0 Å². The highest BCUT2D eigenvalue weighted by atomic mass is 16.5. The molecule has 3 aromatic heterocycles. The van der Waals surface area contributed by atoms with Crippen molar-refractivity contribution in [1.82, 2.24) is 24.4 Å². The lowest BCUT2D eigenvalue weighted by atomic mass is 10.1. The van der Waals surface area contributed by atoms with Gasteiger partial charge < -0.3 is 25.3 Å². The molecular weight excluding hydrogens is 560 g/mol. The summed E-state index contributed by atoms with van der Waals surface area (Å²) in [6, 6.07) is 16.1. The minimum absolute atomic E-state index is 0.250. The zero-order valence-corrected chi connectivity index (χ0v) is 25.9. The van der Waals surface area contributed by atoms with Crippen molar-refractivity contribution in [2.75, 3.05) is 32.6 Å². The number of aliphatic hydroxyl groups is 1. The number of nitriles is 1. The number of aromatic nitrogens is 4. The van der Waals surface area contributed by atoms with Gasteiger partial charge in [0.1, 0.15) is 29.7 Å². The molecule has 1 saturated heterocycles. The molecule has 1 atom stereocenters. The molecule has 0 saturated carbocycles. The SMILES string of the molecule is CN=C(C#N)C=C(C)C.COC1CN(Cc2ccc(Nc3ccc4ncn(-c5ccc(C(C)O)c(C)n5)c4c3)[nH]2)C1.O=CO. The lowest BCUT2D eigenvalue weighted by Gasteiger charge is -2.37. The highest BCUT2D eigenvalue weighted by Crippen LogP contribution is 2.25. The number of hydrogen-bond acceptors (Lipinski definition) is 9. The third kappa shape index (κ3) is 9.08. The number of pyridine rings is 1. The third-order valence-electron chi connectivity index (χ3n) is 6.81. The number of carbonyl (C=O) groups is 1. The monoisotopic (exact) mass is 600 g/mol. The number of aryl methyl sites for hydroxylation is 1. The number of H-pyrrole nitrogens is 1. The molecule has 1 fully saturated rings. The molecule has 4 heterocycles. The third-order valence-corrected chi connectivity index (χ3v) is 6.81. The summed E-state index contributed by atoms with van der Waals surface area (Å²) in [6.07, 6.45) is 3.35. The van der Waals surface area contributed by atoms with Gasteiger partial charge in [-0.15, -0.1) is 0 Å². The summed E-state index contributed by atoms with van der Waals surface area (Å²) in [4.78, 5) is 27.1. The van der Waals surface area contributed by atoms with Crippen LogP contribution in [0.3, 0.4) is 0 Å². The first-order valence-corrected chi connectivity index (χ1v) is 14.0. The topological polar surface area (TPSA) is 165 Å². The van der Waals surface area contributed by atoms with Crippen molar-refractivity contribution in [1.29, 1.82) is 5.26 Å². The van der Waals surface area contributed by atoms with Gasteiger partial charge in [-0.25, -0.2) is 9.97 Å². The second-order valence-electron chi connectivity index (χ2n) is 10.5. The summed E-state index contributed by atoms with van der Waals surface area (Å²) in [5.41, 5.74) is 7.22. The van der Waals surface area contributed by atoms with E-state index in [9.17, 15) is 5.11 Å². The Labute approximate surface area is 257 Å². The van der Waals surface area contributed by atoms with Gasteiger partial charge in [0.25, 0.3) is 6.47 Å². The molecular formula is C32H40N8O4. The van der Waals surface area contributed by atoms with Crippen molar-refractivity contribution < 1.29 is 19.7 Å². The standard InChI is InChI=1S/C24H28N6O2.C7H10N2.CH2O2/c1-15-20(16(2)31)6-9-24(26-15)30-14-25-21-7-4-17(10-22(21)30)27-23-8-5-18(28-23)11-29-12-19(13-29)32-3;1-6(2)4-7(5-8)9-3;2-1-3/h4-10,14,16,19,27-28,31H,11-13H2,1-3H3;4H,1-3H3;1H,(H,2,3). The number of hydrogen-bond donors (Lipinski definition) is 4. The number of aromatic amines is 1. The maximum absolute atomic E-state index is 9.89. The zero-order valence-electron chi connectivity index (χ0n) is 25.9. The fourth-order valence-corrected chi connectivity index (χ4v) is 4.63. The van der Waals surface area contributed by atoms with E-state index >= 15 is 0 Å². The van der Waals surface area contributed by atoms with E-state index in [-0.39, 0.29) is 6.47 Å². The molecule has 44 heavy (non-hydrogen) atoms. The first kappa shape index (κ1) is 33.7. The maximum Gasteiger partial charge on any atom is 0.290 e. The minimum Gasteiger partial charge on any atom is -0.483 e. The summed E-state index contributed by atoms with van der Waals surface area (Å²) in [6.45, 7) is 10.1. The molecule has 0 radical (unpaired) electrons. The van der Waals surface area contributed by atoms with E-state index < -0.39 is 6.10 Å². The average molecular weight is 601 g/mol. The summed E-state index contributed by atoms with van der Waals surface area (Å²) >= 11 is 0. The van der Waals surface area contributed by atoms with Crippen LogP contribution >= 0.6 is 0 Å². The molecule has 12 heteroatoms. The second kappa shape index (κ2) is 16.1. The van der Waals surface area contributed by atoms with Crippen LogP contribution in [0.1, 0.15) is 43.8 Å². The predicted molar refractivity (Wildman–Crippen MR) is 171 cm³/mol. The Balaban J connectivity index is 0.000000377. The molecule has 1 unspecified atom stereocenters. The predicted octanol–water partition coefficient (Wildman–Crippen LogP) is 4.93. The molecule has 0 bridgehead atoms. The van der Waals surface area contributed by atoms with Crippen LogP contribution in [0.2, 0.25) is 0 Å². The molecule has 4 aromatic rings. The average Bonchev–Trinajstić information content (AvgIpc) is 3.60. The number of benzene rings is 1. The van der Waals surface area contributed by atoms with Gasteiger partial charge in [-0.05, 0) is 70.2 Å². The smallest absolute Gasteiger partial charge is 0.290 e. The van der Waals surface area contributed by atoms with Crippen molar-refractivity contribution in [3.63, 3.8) is 0 Å². The normalized spacial score (nSPS) is 13.8. The minimum atomic E-state index is -0.542. The van der Waals surface area contributed by atoms with Crippen LogP contribution in [-0.4, -0.2) is 80.2 Å². The van der Waals surface area contributed by atoms with Crippen molar-refractivity contribution in [3.05, 3.63) is 77.4 Å². The van der Waals surface area contributed by atoms with Crippen LogP contribution < -0.4 is 5.32 Å². The number of nitrogens with one attached hydrogen (secondary N) is 2. The van der Waals surface area contributed by atoms with Crippen molar-refractivity contribution in [2.45, 2.75) is 46.4 Å². The fourth-order valence-electron chi connectivity index (χ4n) is 4.63. The number of rotatable bonds is 8. The maximum atomic E-state index is 9.89. The number of methoxy groups -OCH3 is 1. The molecule has 0 spiro atoms. The van der Waals surface area contributed by atoms with Gasteiger partial charge in [-0.3, -0.25) is 19.3 Å². The second-order valence-corrected chi connectivity index (χ2v) is 10.5. The Morgan fingerprint density at radius 2 is 2.00 bits per heavy atom. The van der Waals surface area contributed by atoms with E-state index in [2.05, 4.69) is 48.4 Å². The molecule has 4 N–H and O–H groups in total. The Bertz CT molecular complexity index is 1640. The van der Waals surface area contributed by atoms with Gasteiger partial charge >= 0.3 is 0 Å². The van der Waals surface area contributed by atoms with E-state index in [1.54, 1.807) is 33.5 Å². The number of aliphatic hydroxyl groups excluding tert-OH is 1. The van der Waals surface area contributed by atoms with Gasteiger partial charge in [0.05, 0.1) is 23.2 Å².